The number of carboxylic acids is 1. The number of benzene rings is 2. The number of pyridine rings is 1. The molecule has 0 unspecified atom stereocenters. The summed E-state index contributed by atoms with van der Waals surface area (Å²) in [5.74, 6) is -1.47. The van der Waals surface area contributed by atoms with Crippen molar-refractivity contribution in [2.45, 2.75) is 0 Å². The lowest BCUT2D eigenvalue weighted by Gasteiger charge is -2.08. The van der Waals surface area contributed by atoms with Crippen molar-refractivity contribution in [2.75, 3.05) is 0 Å². The lowest BCUT2D eigenvalue weighted by molar-refractivity contribution is 0.0697. The molecule has 2 aromatic carbocycles. The van der Waals surface area contributed by atoms with Crippen molar-refractivity contribution >= 4 is 28.5 Å². The van der Waals surface area contributed by atoms with Crippen molar-refractivity contribution < 1.29 is 14.3 Å². The first-order chi connectivity index (χ1) is 10.1. The normalized spacial score (nSPS) is 10.8. The summed E-state index contributed by atoms with van der Waals surface area (Å²) in [6.07, 6.45) is 1.55. The van der Waals surface area contributed by atoms with Gasteiger partial charge in [-0.15, -0.1) is 0 Å². The first-order valence-electron chi connectivity index (χ1n) is 6.14. The molecule has 0 radical (unpaired) electrons. The summed E-state index contributed by atoms with van der Waals surface area (Å²) >= 11 is 5.92. The molecule has 3 aromatic rings. The van der Waals surface area contributed by atoms with Crippen LogP contribution >= 0.6 is 11.6 Å². The number of rotatable bonds is 2. The van der Waals surface area contributed by atoms with Crippen LogP contribution in [0.5, 0.6) is 0 Å². The molecular weight excluding hydrogens is 293 g/mol. The second-order valence-electron chi connectivity index (χ2n) is 4.52. The fourth-order valence-corrected chi connectivity index (χ4v) is 2.39. The molecule has 0 aliphatic heterocycles. The Kier molecular flexibility index (Phi) is 3.31. The van der Waals surface area contributed by atoms with Gasteiger partial charge >= 0.3 is 5.97 Å². The number of hydrogen-bond acceptors (Lipinski definition) is 2. The van der Waals surface area contributed by atoms with Crippen LogP contribution in [0.1, 0.15) is 10.4 Å². The minimum atomic E-state index is -1.04. The van der Waals surface area contributed by atoms with E-state index in [-0.39, 0.29) is 5.56 Å². The molecule has 0 saturated heterocycles. The predicted octanol–water partition coefficient (Wildman–Crippen LogP) is 4.39. The topological polar surface area (TPSA) is 50.2 Å². The van der Waals surface area contributed by atoms with Crippen LogP contribution < -0.4 is 0 Å². The highest BCUT2D eigenvalue weighted by molar-refractivity contribution is 6.30. The standard InChI is InChI=1S/C16H9ClFNO2/c17-10-2-3-14(18)12(8-10)11-5-6-19-15-4-1-9(16(20)21)7-13(11)15/h1-8H,(H,20,21). The van der Waals surface area contributed by atoms with Gasteiger partial charge in [-0.2, -0.15) is 0 Å². The van der Waals surface area contributed by atoms with E-state index >= 15 is 0 Å². The summed E-state index contributed by atoms with van der Waals surface area (Å²) in [4.78, 5) is 15.3. The second kappa shape index (κ2) is 5.14. The molecule has 0 atom stereocenters. The average Bonchev–Trinajstić information content (AvgIpc) is 2.48. The first-order valence-corrected chi connectivity index (χ1v) is 6.51. The van der Waals surface area contributed by atoms with Crippen LogP contribution in [0.3, 0.4) is 0 Å². The summed E-state index contributed by atoms with van der Waals surface area (Å²) in [5, 5.41) is 10.1. The molecular formula is C16H9ClFNO2. The molecule has 3 nitrogen and oxygen atoms in total. The zero-order chi connectivity index (χ0) is 15.0. The minimum Gasteiger partial charge on any atom is -0.478 e. The molecule has 21 heavy (non-hydrogen) atoms. The van der Waals surface area contributed by atoms with Crippen LogP contribution in [0.2, 0.25) is 5.02 Å². The Bertz CT molecular complexity index is 864. The van der Waals surface area contributed by atoms with Gasteiger partial charge < -0.3 is 5.11 Å². The summed E-state index contributed by atoms with van der Waals surface area (Å²) < 4.78 is 14.0. The molecule has 1 heterocycles. The van der Waals surface area contributed by atoms with Crippen LogP contribution in [-0.2, 0) is 0 Å². The molecule has 0 fully saturated rings. The highest BCUT2D eigenvalue weighted by Crippen LogP contribution is 2.31. The van der Waals surface area contributed by atoms with Crippen LogP contribution in [0.4, 0.5) is 4.39 Å². The summed E-state index contributed by atoms with van der Waals surface area (Å²) in [7, 11) is 0. The molecule has 0 bridgehead atoms. The molecule has 5 heteroatoms. The van der Waals surface area contributed by atoms with E-state index in [9.17, 15) is 9.18 Å². The van der Waals surface area contributed by atoms with E-state index in [0.717, 1.165) is 0 Å². The third kappa shape index (κ3) is 2.45. The molecule has 0 aliphatic carbocycles. The van der Waals surface area contributed by atoms with E-state index in [0.29, 0.717) is 27.1 Å². The van der Waals surface area contributed by atoms with Crippen LogP contribution in [0.15, 0.2) is 48.7 Å². The summed E-state index contributed by atoms with van der Waals surface area (Å²) in [6, 6.07) is 10.5. The maximum atomic E-state index is 14.0. The first kappa shape index (κ1) is 13.5. The fourth-order valence-electron chi connectivity index (χ4n) is 2.22. The Labute approximate surface area is 124 Å². The summed E-state index contributed by atoms with van der Waals surface area (Å²) in [6.45, 7) is 0. The highest BCUT2D eigenvalue weighted by atomic mass is 35.5. The molecule has 0 saturated carbocycles. The van der Waals surface area contributed by atoms with Crippen molar-refractivity contribution in [1.82, 2.24) is 4.98 Å². The number of hydrogen-bond donors (Lipinski definition) is 1. The number of carbonyl (C=O) groups is 1. The van der Waals surface area contributed by atoms with Crippen LogP contribution in [-0.4, -0.2) is 16.1 Å². The third-order valence-corrected chi connectivity index (χ3v) is 3.44. The predicted molar refractivity (Wildman–Crippen MR) is 79.1 cm³/mol. The Morgan fingerprint density at radius 1 is 1.10 bits per heavy atom. The van der Waals surface area contributed by atoms with Crippen molar-refractivity contribution in [3.05, 3.63) is 65.1 Å². The van der Waals surface area contributed by atoms with E-state index in [4.69, 9.17) is 16.7 Å². The van der Waals surface area contributed by atoms with E-state index in [1.54, 1.807) is 18.3 Å². The Morgan fingerprint density at radius 3 is 2.67 bits per heavy atom. The van der Waals surface area contributed by atoms with Gasteiger partial charge in [-0.25, -0.2) is 9.18 Å². The van der Waals surface area contributed by atoms with Crippen molar-refractivity contribution in [2.24, 2.45) is 0 Å². The van der Waals surface area contributed by atoms with Gasteiger partial charge in [0.2, 0.25) is 0 Å². The number of aromatic nitrogens is 1. The summed E-state index contributed by atoms with van der Waals surface area (Å²) in [5.41, 5.74) is 1.59. The van der Waals surface area contributed by atoms with Crippen LogP contribution in [0.25, 0.3) is 22.0 Å². The molecule has 1 N–H and O–H groups in total. The van der Waals surface area contributed by atoms with Gasteiger partial charge in [0.15, 0.2) is 0 Å². The monoisotopic (exact) mass is 301 g/mol. The fraction of sp³-hybridized carbons (Fsp3) is 0. The van der Waals surface area contributed by atoms with Gasteiger partial charge in [0.05, 0.1) is 11.1 Å². The van der Waals surface area contributed by atoms with Crippen LogP contribution in [0, 0.1) is 5.82 Å². The Balaban J connectivity index is 2.34. The van der Waals surface area contributed by atoms with Gasteiger partial charge in [-0.05, 0) is 48.0 Å². The number of nitrogens with zero attached hydrogens (tertiary/aromatic N) is 1. The maximum absolute atomic E-state index is 14.0. The number of halogens is 2. The zero-order valence-corrected chi connectivity index (χ0v) is 11.4. The van der Waals surface area contributed by atoms with Crippen molar-refractivity contribution in [1.29, 1.82) is 0 Å². The zero-order valence-electron chi connectivity index (χ0n) is 10.7. The quantitative estimate of drug-likeness (QED) is 0.763. The molecule has 0 spiro atoms. The van der Waals surface area contributed by atoms with E-state index < -0.39 is 11.8 Å². The highest BCUT2D eigenvalue weighted by Gasteiger charge is 2.12. The van der Waals surface area contributed by atoms with Gasteiger partial charge in [0.25, 0.3) is 0 Å². The molecule has 3 rings (SSSR count). The molecule has 104 valence electrons. The largest absolute Gasteiger partial charge is 0.478 e. The van der Waals surface area contributed by atoms with Crippen molar-refractivity contribution in [3.8, 4) is 11.1 Å². The molecule has 0 aliphatic rings. The van der Waals surface area contributed by atoms with E-state index in [2.05, 4.69) is 4.98 Å². The van der Waals surface area contributed by atoms with E-state index in [1.165, 1.54) is 30.3 Å². The lowest BCUT2D eigenvalue weighted by atomic mass is 9.99. The number of aromatic carboxylic acids is 1. The Hall–Kier alpha value is -2.46. The van der Waals surface area contributed by atoms with Gasteiger partial charge in [0.1, 0.15) is 5.82 Å². The molecule has 1 aromatic heterocycles. The van der Waals surface area contributed by atoms with Crippen molar-refractivity contribution in [3.63, 3.8) is 0 Å². The lowest BCUT2D eigenvalue weighted by Crippen LogP contribution is -1.96. The van der Waals surface area contributed by atoms with Gasteiger partial charge in [0, 0.05) is 22.2 Å². The third-order valence-electron chi connectivity index (χ3n) is 3.21. The second-order valence-corrected chi connectivity index (χ2v) is 4.96. The smallest absolute Gasteiger partial charge is 0.335 e. The van der Waals surface area contributed by atoms with Gasteiger partial charge in [-0.1, -0.05) is 11.6 Å². The maximum Gasteiger partial charge on any atom is 0.335 e. The number of carboxylic acid groups (broad SMARTS) is 1. The minimum absolute atomic E-state index is 0.124. The molecule has 0 amide bonds. The SMILES string of the molecule is O=C(O)c1ccc2nccc(-c3cc(Cl)ccc3F)c2c1. The Morgan fingerprint density at radius 2 is 1.90 bits per heavy atom. The van der Waals surface area contributed by atoms with Gasteiger partial charge in [-0.3, -0.25) is 4.98 Å². The average molecular weight is 302 g/mol. The van der Waals surface area contributed by atoms with E-state index in [1.807, 2.05) is 0 Å². The number of fused-ring (bicyclic) bond motifs is 1.